The van der Waals surface area contributed by atoms with Gasteiger partial charge in [0.05, 0.1) is 6.54 Å². The summed E-state index contributed by atoms with van der Waals surface area (Å²) in [4.78, 5) is 67.6. The Balaban J connectivity index is 2.25. The Kier molecular flexibility index (Phi) is 6.07. The number of ketones is 1. The summed E-state index contributed by atoms with van der Waals surface area (Å²) >= 11 is 0. The SMILES string of the molecule is C#CCn1c(=O)n(C2O[C@H](C(=O)CC)CC2OC(C)=O)c2nc(NC(C)=O)[nH]c(=O)c21. The van der Waals surface area contributed by atoms with E-state index in [1.165, 1.54) is 13.8 Å². The van der Waals surface area contributed by atoms with Gasteiger partial charge in [0.2, 0.25) is 11.9 Å². The number of hydrogen-bond acceptors (Lipinski definition) is 8. The molecule has 3 heterocycles. The van der Waals surface area contributed by atoms with Crippen LogP contribution in [0.15, 0.2) is 9.59 Å². The number of imidazole rings is 1. The van der Waals surface area contributed by atoms with Crippen molar-refractivity contribution in [2.75, 3.05) is 5.32 Å². The minimum atomic E-state index is -1.22. The molecule has 0 aliphatic carbocycles. The monoisotopic (exact) mass is 431 g/mol. The van der Waals surface area contributed by atoms with Gasteiger partial charge in [-0.25, -0.2) is 9.36 Å². The third kappa shape index (κ3) is 4.13. The highest BCUT2D eigenvalue weighted by atomic mass is 16.6. The second-order valence-electron chi connectivity index (χ2n) is 6.93. The topological polar surface area (TPSA) is 154 Å². The number of nitrogens with zero attached hydrogens (tertiary/aromatic N) is 3. The standard InChI is InChI=1S/C19H21N5O7/c1-5-7-23-14-15(21-18(20-9(3)25)22-16(14)28)24(19(23)29)17-13(30-10(4)26)8-12(31-17)11(27)6-2/h1,12-13,17H,6-8H2,2-4H3,(H2,20,21,22,25,28)/t12-,13?,17?/m0/s1. The van der Waals surface area contributed by atoms with Crippen molar-refractivity contribution in [2.24, 2.45) is 0 Å². The van der Waals surface area contributed by atoms with Crippen molar-refractivity contribution in [2.45, 2.75) is 58.6 Å². The van der Waals surface area contributed by atoms with Gasteiger partial charge in [0.25, 0.3) is 5.56 Å². The van der Waals surface area contributed by atoms with E-state index in [4.69, 9.17) is 15.9 Å². The number of aromatic nitrogens is 4. The van der Waals surface area contributed by atoms with E-state index in [9.17, 15) is 24.0 Å². The van der Waals surface area contributed by atoms with E-state index in [0.717, 1.165) is 9.13 Å². The average molecular weight is 431 g/mol. The van der Waals surface area contributed by atoms with Gasteiger partial charge in [0.1, 0.15) is 12.2 Å². The summed E-state index contributed by atoms with van der Waals surface area (Å²) in [6, 6.07) is 0. The van der Waals surface area contributed by atoms with E-state index in [1.54, 1.807) is 6.92 Å². The number of fused-ring (bicyclic) bond motifs is 1. The second kappa shape index (κ2) is 8.57. The molecule has 164 valence electrons. The van der Waals surface area contributed by atoms with Crippen molar-refractivity contribution < 1.29 is 23.9 Å². The summed E-state index contributed by atoms with van der Waals surface area (Å²) in [7, 11) is 0. The minimum Gasteiger partial charge on any atom is -0.458 e. The van der Waals surface area contributed by atoms with Crippen LogP contribution in [-0.2, 0) is 30.4 Å². The number of nitrogens with one attached hydrogen (secondary N) is 2. The van der Waals surface area contributed by atoms with Crippen molar-refractivity contribution in [1.29, 1.82) is 0 Å². The first-order valence-electron chi connectivity index (χ1n) is 9.49. The molecule has 1 amide bonds. The van der Waals surface area contributed by atoms with Gasteiger partial charge in [-0.05, 0) is 0 Å². The quantitative estimate of drug-likeness (QED) is 0.466. The normalized spacial score (nSPS) is 20.4. The number of hydrogen-bond donors (Lipinski definition) is 2. The lowest BCUT2D eigenvalue weighted by molar-refractivity contribution is -0.152. The summed E-state index contributed by atoms with van der Waals surface area (Å²) in [5.41, 5.74) is -1.74. The second-order valence-corrected chi connectivity index (χ2v) is 6.93. The molecule has 1 fully saturated rings. The van der Waals surface area contributed by atoms with Crippen LogP contribution in [0.4, 0.5) is 5.95 Å². The highest BCUT2D eigenvalue weighted by Gasteiger charge is 2.43. The Morgan fingerprint density at radius 1 is 1.35 bits per heavy atom. The van der Waals surface area contributed by atoms with E-state index < -0.39 is 41.6 Å². The van der Waals surface area contributed by atoms with Gasteiger partial charge in [-0.15, -0.1) is 6.42 Å². The zero-order valence-corrected chi connectivity index (χ0v) is 17.1. The molecule has 2 unspecified atom stereocenters. The van der Waals surface area contributed by atoms with Crippen molar-refractivity contribution >= 4 is 34.8 Å². The number of terminal acetylenes is 1. The number of Topliss-reactive ketones (excluding diaryl/α,β-unsaturated/α-hetero) is 1. The molecule has 2 aromatic rings. The van der Waals surface area contributed by atoms with Crippen LogP contribution in [0.25, 0.3) is 11.2 Å². The maximum Gasteiger partial charge on any atom is 0.333 e. The predicted octanol–water partition coefficient (Wildman–Crippen LogP) is -0.324. The lowest BCUT2D eigenvalue weighted by Crippen LogP contribution is -2.33. The third-order valence-corrected chi connectivity index (χ3v) is 4.70. The minimum absolute atomic E-state index is 0.0346. The van der Waals surface area contributed by atoms with Crippen LogP contribution in [-0.4, -0.2) is 49.0 Å². The first-order valence-corrected chi connectivity index (χ1v) is 9.49. The Hall–Kier alpha value is -3.72. The first-order chi connectivity index (χ1) is 14.7. The molecule has 0 spiro atoms. The molecule has 0 saturated carbocycles. The van der Waals surface area contributed by atoms with Gasteiger partial charge in [-0.3, -0.25) is 34.0 Å². The van der Waals surface area contributed by atoms with Crippen LogP contribution in [0, 0.1) is 12.3 Å². The highest BCUT2D eigenvalue weighted by Crippen LogP contribution is 2.33. The Bertz CT molecular complexity index is 1220. The van der Waals surface area contributed by atoms with Crippen molar-refractivity contribution in [3.63, 3.8) is 0 Å². The molecule has 1 aliphatic heterocycles. The number of H-pyrrole nitrogens is 1. The fourth-order valence-corrected chi connectivity index (χ4v) is 3.50. The first kappa shape index (κ1) is 22.0. The Morgan fingerprint density at radius 3 is 2.65 bits per heavy atom. The molecule has 31 heavy (non-hydrogen) atoms. The number of carbonyl (C=O) groups excluding carboxylic acids is 3. The molecule has 1 saturated heterocycles. The molecule has 3 rings (SSSR count). The van der Waals surface area contributed by atoms with Crippen LogP contribution in [0.5, 0.6) is 0 Å². The molecule has 1 aliphatic rings. The largest absolute Gasteiger partial charge is 0.458 e. The number of carbonyl (C=O) groups is 3. The molecule has 12 heteroatoms. The van der Waals surface area contributed by atoms with Crippen molar-refractivity contribution in [3.8, 4) is 12.3 Å². The molecule has 12 nitrogen and oxygen atoms in total. The van der Waals surface area contributed by atoms with Gasteiger partial charge < -0.3 is 9.47 Å². The number of ether oxygens (including phenoxy) is 2. The summed E-state index contributed by atoms with van der Waals surface area (Å²) in [5.74, 6) is 0.739. The van der Waals surface area contributed by atoms with E-state index in [-0.39, 0.29) is 42.3 Å². The van der Waals surface area contributed by atoms with Gasteiger partial charge in [-0.1, -0.05) is 12.8 Å². The van der Waals surface area contributed by atoms with Gasteiger partial charge >= 0.3 is 11.7 Å². The molecular weight excluding hydrogens is 410 g/mol. The van der Waals surface area contributed by atoms with Crippen LogP contribution >= 0.6 is 0 Å². The van der Waals surface area contributed by atoms with Crippen molar-refractivity contribution in [3.05, 3.63) is 20.8 Å². The van der Waals surface area contributed by atoms with Gasteiger partial charge in [-0.2, -0.15) is 4.98 Å². The maximum atomic E-state index is 13.2. The fourth-order valence-electron chi connectivity index (χ4n) is 3.50. The van der Waals surface area contributed by atoms with E-state index in [1.807, 2.05) is 0 Å². The number of aromatic amines is 1. The maximum absolute atomic E-state index is 13.2. The zero-order chi connectivity index (χ0) is 22.9. The molecule has 2 aromatic heterocycles. The van der Waals surface area contributed by atoms with Gasteiger partial charge in [0.15, 0.2) is 23.2 Å². The van der Waals surface area contributed by atoms with Gasteiger partial charge in [0, 0.05) is 26.7 Å². The van der Waals surface area contributed by atoms with Crippen LogP contribution in [0.2, 0.25) is 0 Å². The molecule has 0 aromatic carbocycles. The lowest BCUT2D eigenvalue weighted by Gasteiger charge is -2.19. The lowest BCUT2D eigenvalue weighted by atomic mass is 10.1. The highest BCUT2D eigenvalue weighted by molar-refractivity contribution is 5.87. The molecular formula is C19H21N5O7. The van der Waals surface area contributed by atoms with Crippen molar-refractivity contribution in [1.82, 2.24) is 19.1 Å². The Morgan fingerprint density at radius 2 is 2.06 bits per heavy atom. The Labute approximate surface area is 175 Å². The van der Waals surface area contributed by atoms with Crippen LogP contribution in [0.1, 0.15) is 39.8 Å². The summed E-state index contributed by atoms with van der Waals surface area (Å²) in [6.07, 6.45) is 2.45. The number of anilines is 1. The predicted molar refractivity (Wildman–Crippen MR) is 107 cm³/mol. The fraction of sp³-hybridized carbons (Fsp3) is 0.474. The van der Waals surface area contributed by atoms with E-state index in [2.05, 4.69) is 21.2 Å². The number of amides is 1. The summed E-state index contributed by atoms with van der Waals surface area (Å²) in [5, 5.41) is 2.35. The number of rotatable bonds is 6. The van der Waals surface area contributed by atoms with E-state index in [0.29, 0.717) is 0 Å². The zero-order valence-electron chi connectivity index (χ0n) is 17.1. The van der Waals surface area contributed by atoms with E-state index >= 15 is 0 Å². The molecule has 2 N–H and O–H groups in total. The summed E-state index contributed by atoms with van der Waals surface area (Å²) in [6.45, 7) is 3.83. The smallest absolute Gasteiger partial charge is 0.333 e. The molecule has 0 bridgehead atoms. The number of esters is 1. The average Bonchev–Trinajstić information content (AvgIpc) is 3.19. The van der Waals surface area contributed by atoms with Crippen LogP contribution in [0.3, 0.4) is 0 Å². The molecule has 0 radical (unpaired) electrons. The third-order valence-electron chi connectivity index (χ3n) is 4.70. The molecule has 3 atom stereocenters. The summed E-state index contributed by atoms with van der Waals surface area (Å²) < 4.78 is 13.1. The van der Waals surface area contributed by atoms with Crippen LogP contribution < -0.4 is 16.6 Å².